The fourth-order valence-corrected chi connectivity index (χ4v) is 2.19. The number of carbonyl (C=O) groups is 1. The average molecular weight is 241 g/mol. The molecule has 1 amide bonds. The van der Waals surface area contributed by atoms with E-state index in [9.17, 15) is 4.79 Å². The van der Waals surface area contributed by atoms with Gasteiger partial charge in [0.1, 0.15) is 5.76 Å². The van der Waals surface area contributed by atoms with E-state index in [1.165, 1.54) is 11.8 Å². The highest BCUT2D eigenvalue weighted by atomic mass is 32.2. The molecular formula is C12H19NO2S. The first-order valence-electron chi connectivity index (χ1n) is 5.63. The fourth-order valence-electron chi connectivity index (χ4n) is 1.27. The van der Waals surface area contributed by atoms with Crippen molar-refractivity contribution in [1.82, 2.24) is 5.32 Å². The summed E-state index contributed by atoms with van der Waals surface area (Å²) in [6.07, 6.45) is 3.79. The van der Waals surface area contributed by atoms with Crippen molar-refractivity contribution < 1.29 is 9.21 Å². The Balaban J connectivity index is 2.37. The first kappa shape index (κ1) is 13.2. The Kier molecular flexibility index (Phi) is 5.46. The van der Waals surface area contributed by atoms with Crippen LogP contribution in [-0.4, -0.2) is 17.7 Å². The van der Waals surface area contributed by atoms with Gasteiger partial charge in [-0.3, -0.25) is 4.79 Å². The normalized spacial score (nSPS) is 12.4. The lowest BCUT2D eigenvalue weighted by atomic mass is 10.3. The van der Waals surface area contributed by atoms with Crippen LogP contribution in [0.2, 0.25) is 0 Å². The summed E-state index contributed by atoms with van der Waals surface area (Å²) in [6, 6.07) is 1.90. The Hall–Kier alpha value is -0.900. The third-order valence-electron chi connectivity index (χ3n) is 2.31. The Morgan fingerprint density at radius 1 is 1.62 bits per heavy atom. The molecule has 0 radical (unpaired) electrons. The zero-order valence-corrected chi connectivity index (χ0v) is 10.9. The van der Waals surface area contributed by atoms with E-state index in [2.05, 4.69) is 12.2 Å². The third-order valence-corrected chi connectivity index (χ3v) is 3.56. The molecule has 1 aromatic heterocycles. The van der Waals surface area contributed by atoms with Crippen LogP contribution in [0.5, 0.6) is 0 Å². The highest BCUT2D eigenvalue weighted by molar-refractivity contribution is 8.00. The van der Waals surface area contributed by atoms with Gasteiger partial charge in [0, 0.05) is 11.4 Å². The maximum atomic E-state index is 11.7. The quantitative estimate of drug-likeness (QED) is 0.615. The van der Waals surface area contributed by atoms with Crippen LogP contribution in [0.1, 0.15) is 32.4 Å². The molecule has 1 aromatic rings. The zero-order chi connectivity index (χ0) is 12.0. The molecule has 1 atom stereocenters. The van der Waals surface area contributed by atoms with Crippen molar-refractivity contribution in [3.05, 3.63) is 18.1 Å². The van der Waals surface area contributed by atoms with Crippen LogP contribution >= 0.6 is 11.8 Å². The lowest BCUT2D eigenvalue weighted by Crippen LogP contribution is -2.31. The molecule has 0 aliphatic heterocycles. The molecule has 0 aliphatic rings. The van der Waals surface area contributed by atoms with E-state index >= 15 is 0 Å². The van der Waals surface area contributed by atoms with E-state index in [0.29, 0.717) is 0 Å². The Morgan fingerprint density at radius 2 is 2.38 bits per heavy atom. The Bertz CT molecular complexity index is 336. The van der Waals surface area contributed by atoms with Gasteiger partial charge >= 0.3 is 0 Å². The second-order valence-electron chi connectivity index (χ2n) is 3.75. The van der Waals surface area contributed by atoms with Gasteiger partial charge in [-0.1, -0.05) is 13.3 Å². The molecule has 0 saturated carbocycles. The Morgan fingerprint density at radius 3 is 2.94 bits per heavy atom. The minimum Gasteiger partial charge on any atom is -0.468 e. The van der Waals surface area contributed by atoms with Crippen LogP contribution in [0.4, 0.5) is 0 Å². The summed E-state index contributed by atoms with van der Waals surface area (Å²) in [4.78, 5) is 12.7. The predicted molar refractivity (Wildman–Crippen MR) is 66.7 cm³/mol. The van der Waals surface area contributed by atoms with Gasteiger partial charge in [-0.05, 0) is 26.3 Å². The highest BCUT2D eigenvalue weighted by Gasteiger charge is 2.15. The third kappa shape index (κ3) is 3.93. The van der Waals surface area contributed by atoms with Gasteiger partial charge in [0.25, 0.3) is 0 Å². The number of furan rings is 1. The molecule has 90 valence electrons. The van der Waals surface area contributed by atoms with Crippen molar-refractivity contribution in [2.45, 2.75) is 43.8 Å². The number of amides is 1. The molecule has 1 rings (SSSR count). The number of hydrogen-bond acceptors (Lipinski definition) is 3. The van der Waals surface area contributed by atoms with E-state index in [0.717, 1.165) is 30.0 Å². The second-order valence-corrected chi connectivity index (χ2v) is 5.13. The molecule has 0 aliphatic carbocycles. The molecule has 1 N–H and O–H groups in total. The topological polar surface area (TPSA) is 42.2 Å². The number of carbonyl (C=O) groups excluding carboxylic acids is 1. The first-order chi connectivity index (χ1) is 7.65. The van der Waals surface area contributed by atoms with Crippen molar-refractivity contribution in [1.29, 1.82) is 0 Å². The SMILES string of the molecule is CCCCNC(=O)[C@@H](C)Sc1ccoc1C. The van der Waals surface area contributed by atoms with Gasteiger partial charge in [0.2, 0.25) is 5.91 Å². The number of nitrogens with one attached hydrogen (secondary N) is 1. The van der Waals surface area contributed by atoms with Crippen LogP contribution in [0, 0.1) is 6.92 Å². The van der Waals surface area contributed by atoms with Crippen molar-refractivity contribution >= 4 is 17.7 Å². The maximum Gasteiger partial charge on any atom is 0.233 e. The van der Waals surface area contributed by atoms with E-state index in [4.69, 9.17) is 4.42 Å². The predicted octanol–water partition coefficient (Wildman–Crippen LogP) is 2.98. The summed E-state index contributed by atoms with van der Waals surface area (Å²) in [5, 5.41) is 2.85. The van der Waals surface area contributed by atoms with Crippen molar-refractivity contribution in [2.24, 2.45) is 0 Å². The summed E-state index contributed by atoms with van der Waals surface area (Å²) < 4.78 is 5.19. The maximum absolute atomic E-state index is 11.7. The van der Waals surface area contributed by atoms with Gasteiger partial charge < -0.3 is 9.73 Å². The molecule has 0 bridgehead atoms. The number of hydrogen-bond donors (Lipinski definition) is 1. The summed E-state index contributed by atoms with van der Waals surface area (Å²) in [6.45, 7) is 6.70. The van der Waals surface area contributed by atoms with Gasteiger partial charge in [0.05, 0.1) is 11.5 Å². The minimum absolute atomic E-state index is 0.0758. The van der Waals surface area contributed by atoms with Crippen molar-refractivity contribution in [3.63, 3.8) is 0 Å². The monoisotopic (exact) mass is 241 g/mol. The number of rotatable bonds is 6. The molecule has 0 spiro atoms. The van der Waals surface area contributed by atoms with Crippen LogP contribution in [0.15, 0.2) is 21.6 Å². The van der Waals surface area contributed by atoms with Crippen LogP contribution in [0.25, 0.3) is 0 Å². The van der Waals surface area contributed by atoms with Gasteiger partial charge in [-0.25, -0.2) is 0 Å². The minimum atomic E-state index is -0.0758. The number of unbranched alkanes of at least 4 members (excludes halogenated alkanes) is 1. The zero-order valence-electron chi connectivity index (χ0n) is 10.1. The molecular weight excluding hydrogens is 222 g/mol. The summed E-state index contributed by atoms with van der Waals surface area (Å²) in [5.41, 5.74) is 0. The molecule has 0 saturated heterocycles. The molecule has 0 unspecified atom stereocenters. The lowest BCUT2D eigenvalue weighted by Gasteiger charge is -2.10. The largest absolute Gasteiger partial charge is 0.468 e. The second kappa shape index (κ2) is 6.63. The van der Waals surface area contributed by atoms with Crippen LogP contribution < -0.4 is 5.32 Å². The highest BCUT2D eigenvalue weighted by Crippen LogP contribution is 2.27. The summed E-state index contributed by atoms with van der Waals surface area (Å²) >= 11 is 1.54. The van der Waals surface area contributed by atoms with E-state index in [1.807, 2.05) is 19.9 Å². The van der Waals surface area contributed by atoms with Crippen LogP contribution in [-0.2, 0) is 4.79 Å². The molecule has 1 heterocycles. The molecule has 0 aromatic carbocycles. The molecule has 16 heavy (non-hydrogen) atoms. The van der Waals surface area contributed by atoms with Crippen molar-refractivity contribution in [2.75, 3.05) is 6.54 Å². The smallest absolute Gasteiger partial charge is 0.233 e. The number of aryl methyl sites for hydroxylation is 1. The van der Waals surface area contributed by atoms with E-state index in [-0.39, 0.29) is 11.2 Å². The van der Waals surface area contributed by atoms with Crippen molar-refractivity contribution in [3.8, 4) is 0 Å². The van der Waals surface area contributed by atoms with E-state index < -0.39 is 0 Å². The van der Waals surface area contributed by atoms with Gasteiger partial charge in [-0.2, -0.15) is 0 Å². The Labute approximate surface area is 101 Å². The average Bonchev–Trinajstić information content (AvgIpc) is 2.64. The molecule has 3 nitrogen and oxygen atoms in total. The number of thioether (sulfide) groups is 1. The van der Waals surface area contributed by atoms with E-state index in [1.54, 1.807) is 6.26 Å². The molecule has 4 heteroatoms. The lowest BCUT2D eigenvalue weighted by molar-refractivity contribution is -0.120. The van der Waals surface area contributed by atoms with Gasteiger partial charge in [0.15, 0.2) is 0 Å². The van der Waals surface area contributed by atoms with Gasteiger partial charge in [-0.15, -0.1) is 11.8 Å². The fraction of sp³-hybridized carbons (Fsp3) is 0.583. The first-order valence-corrected chi connectivity index (χ1v) is 6.51. The summed E-state index contributed by atoms with van der Waals surface area (Å²) in [7, 11) is 0. The molecule has 0 fully saturated rings. The standard InChI is InChI=1S/C12H19NO2S/c1-4-5-7-13-12(14)10(3)16-11-6-8-15-9(11)2/h6,8,10H,4-5,7H2,1-3H3,(H,13,14)/t10-/m1/s1. The van der Waals surface area contributed by atoms with Crippen LogP contribution in [0.3, 0.4) is 0 Å². The summed E-state index contributed by atoms with van der Waals surface area (Å²) in [5.74, 6) is 0.970.